The number of benzene rings is 8. The van der Waals surface area contributed by atoms with Crippen LogP contribution in [0.25, 0.3) is 88.8 Å². The van der Waals surface area contributed by atoms with Gasteiger partial charge in [-0.2, -0.15) is 0 Å². The Hall–Kier alpha value is -6.64. The smallest absolute Gasteiger partial charge is 0.160 e. The normalized spacial score (nSPS) is 14.4. The highest BCUT2D eigenvalue weighted by atomic mass is 14.9. The van der Waals surface area contributed by atoms with E-state index in [1.54, 1.807) is 0 Å². The van der Waals surface area contributed by atoms with E-state index in [2.05, 4.69) is 191 Å². The van der Waals surface area contributed by atoms with Gasteiger partial charge in [0.1, 0.15) is 0 Å². The molecule has 0 saturated heterocycles. The van der Waals surface area contributed by atoms with E-state index < -0.39 is 0 Å². The van der Waals surface area contributed by atoms with Crippen molar-refractivity contribution in [1.82, 2.24) is 9.97 Å². The van der Waals surface area contributed by atoms with Crippen molar-refractivity contribution in [3.8, 4) is 67.3 Å². The van der Waals surface area contributed by atoms with E-state index in [0.717, 1.165) is 33.9 Å². The summed E-state index contributed by atoms with van der Waals surface area (Å²) in [5, 5.41) is 4.92. The Morgan fingerprint density at radius 3 is 1.70 bits per heavy atom. The van der Waals surface area contributed by atoms with Crippen molar-refractivity contribution in [2.75, 3.05) is 0 Å². The number of aromatic nitrogens is 2. The lowest BCUT2D eigenvalue weighted by Crippen LogP contribution is -2.16. The second kappa shape index (κ2) is 11.9. The molecule has 266 valence electrons. The van der Waals surface area contributed by atoms with Gasteiger partial charge in [-0.15, -0.1) is 0 Å². The standard InChI is InChI=1S/C54H40N2/c1-53(2)46-27-15-25-43(50(46)44-30-34-18-8-9-19-35(34)31-47(44)53)49-32-48(55-52(56-49)33-16-6-5-7-17-33)40-29-28-38(36-20-10-11-21-37(36)40)41-23-14-24-42-39-22-12-13-26-45(39)54(3,4)51(41)42/h5-32H,1-4H3. The van der Waals surface area contributed by atoms with Gasteiger partial charge in [-0.25, -0.2) is 9.97 Å². The van der Waals surface area contributed by atoms with Gasteiger partial charge in [0.15, 0.2) is 5.82 Å². The number of hydrogen-bond donors (Lipinski definition) is 0. The van der Waals surface area contributed by atoms with Crippen LogP contribution in [0.3, 0.4) is 0 Å². The molecule has 2 nitrogen and oxygen atoms in total. The molecule has 0 fully saturated rings. The zero-order valence-electron chi connectivity index (χ0n) is 32.1. The molecule has 2 aliphatic rings. The minimum absolute atomic E-state index is 0.121. The molecule has 9 aromatic rings. The van der Waals surface area contributed by atoms with Crippen molar-refractivity contribution in [3.63, 3.8) is 0 Å². The highest BCUT2D eigenvalue weighted by Crippen LogP contribution is 2.55. The van der Waals surface area contributed by atoms with Crippen LogP contribution in [0.15, 0.2) is 170 Å². The number of fused-ring (bicyclic) bond motifs is 8. The molecule has 0 unspecified atom stereocenters. The van der Waals surface area contributed by atoms with Crippen LogP contribution >= 0.6 is 0 Å². The third-order valence-electron chi connectivity index (χ3n) is 12.7. The van der Waals surface area contributed by atoms with E-state index >= 15 is 0 Å². The van der Waals surface area contributed by atoms with Crippen LogP contribution < -0.4 is 0 Å². The van der Waals surface area contributed by atoms with Crippen LogP contribution in [-0.2, 0) is 10.8 Å². The Morgan fingerprint density at radius 1 is 0.357 bits per heavy atom. The largest absolute Gasteiger partial charge is 0.228 e. The number of rotatable bonds is 4. The lowest BCUT2D eigenvalue weighted by atomic mass is 9.78. The summed E-state index contributed by atoms with van der Waals surface area (Å²) in [7, 11) is 0. The summed E-state index contributed by atoms with van der Waals surface area (Å²) in [6.45, 7) is 9.44. The van der Waals surface area contributed by atoms with Crippen molar-refractivity contribution >= 4 is 21.5 Å². The van der Waals surface area contributed by atoms with Gasteiger partial charge in [0.25, 0.3) is 0 Å². The maximum Gasteiger partial charge on any atom is 0.160 e. The minimum Gasteiger partial charge on any atom is -0.228 e. The molecule has 0 saturated carbocycles. The first-order valence-electron chi connectivity index (χ1n) is 19.7. The van der Waals surface area contributed by atoms with Crippen LogP contribution in [0.1, 0.15) is 49.9 Å². The summed E-state index contributed by atoms with van der Waals surface area (Å²) in [6, 6.07) is 62.0. The van der Waals surface area contributed by atoms with E-state index in [9.17, 15) is 0 Å². The highest BCUT2D eigenvalue weighted by Gasteiger charge is 2.39. The van der Waals surface area contributed by atoms with Gasteiger partial charge in [0, 0.05) is 27.5 Å². The first kappa shape index (κ1) is 32.8. The predicted molar refractivity (Wildman–Crippen MR) is 234 cm³/mol. The van der Waals surface area contributed by atoms with Crippen LogP contribution in [0.5, 0.6) is 0 Å². The molecule has 0 N–H and O–H groups in total. The predicted octanol–water partition coefficient (Wildman–Crippen LogP) is 14.1. The van der Waals surface area contributed by atoms with E-state index in [1.807, 2.05) is 6.07 Å². The molecule has 56 heavy (non-hydrogen) atoms. The zero-order chi connectivity index (χ0) is 37.8. The van der Waals surface area contributed by atoms with Crippen molar-refractivity contribution in [2.24, 2.45) is 0 Å². The molecule has 0 aliphatic heterocycles. The van der Waals surface area contributed by atoms with Gasteiger partial charge in [0.05, 0.1) is 11.4 Å². The van der Waals surface area contributed by atoms with Crippen molar-refractivity contribution in [2.45, 2.75) is 38.5 Å². The molecular weight excluding hydrogens is 677 g/mol. The van der Waals surface area contributed by atoms with Crippen molar-refractivity contribution < 1.29 is 0 Å². The summed E-state index contributed by atoms with van der Waals surface area (Å²) in [6.07, 6.45) is 0. The second-order valence-corrected chi connectivity index (χ2v) is 16.5. The van der Waals surface area contributed by atoms with Gasteiger partial charge in [-0.3, -0.25) is 0 Å². The average molecular weight is 717 g/mol. The van der Waals surface area contributed by atoms with Gasteiger partial charge >= 0.3 is 0 Å². The van der Waals surface area contributed by atoms with Crippen molar-refractivity contribution in [1.29, 1.82) is 0 Å². The van der Waals surface area contributed by atoms with Crippen molar-refractivity contribution in [3.05, 3.63) is 192 Å². The molecule has 2 heteroatoms. The summed E-state index contributed by atoms with van der Waals surface area (Å²) < 4.78 is 0. The first-order valence-corrected chi connectivity index (χ1v) is 19.7. The van der Waals surface area contributed by atoms with E-state index in [4.69, 9.17) is 9.97 Å². The monoisotopic (exact) mass is 716 g/mol. The third kappa shape index (κ3) is 4.69. The average Bonchev–Trinajstić information content (AvgIpc) is 3.62. The zero-order valence-corrected chi connectivity index (χ0v) is 32.1. The van der Waals surface area contributed by atoms with Crippen LogP contribution in [0, 0.1) is 0 Å². The molecule has 1 aromatic heterocycles. The molecule has 11 rings (SSSR count). The highest BCUT2D eigenvalue weighted by molar-refractivity contribution is 6.07. The summed E-state index contributed by atoms with van der Waals surface area (Å²) in [4.78, 5) is 10.7. The van der Waals surface area contributed by atoms with E-state index in [0.29, 0.717) is 0 Å². The molecule has 0 radical (unpaired) electrons. The van der Waals surface area contributed by atoms with Crippen LogP contribution in [0.4, 0.5) is 0 Å². The molecule has 2 aliphatic carbocycles. The molecule has 0 bridgehead atoms. The molecular formula is C54H40N2. The number of hydrogen-bond acceptors (Lipinski definition) is 2. The first-order chi connectivity index (χ1) is 27.3. The Labute approximate surface area is 328 Å². The molecule has 0 spiro atoms. The Bertz CT molecular complexity index is 3080. The Balaban J connectivity index is 1.14. The fourth-order valence-electron chi connectivity index (χ4n) is 9.96. The lowest BCUT2D eigenvalue weighted by molar-refractivity contribution is 0.661. The quantitative estimate of drug-likeness (QED) is 0.181. The summed E-state index contributed by atoms with van der Waals surface area (Å²) in [5.41, 5.74) is 18.0. The van der Waals surface area contributed by atoms with Gasteiger partial charge in [-0.1, -0.05) is 179 Å². The second-order valence-electron chi connectivity index (χ2n) is 16.5. The topological polar surface area (TPSA) is 25.8 Å². The molecule has 8 aromatic carbocycles. The maximum atomic E-state index is 5.37. The molecule has 0 atom stereocenters. The van der Waals surface area contributed by atoms with Crippen LogP contribution in [-0.4, -0.2) is 9.97 Å². The minimum atomic E-state index is -0.150. The fraction of sp³-hybridized carbons (Fsp3) is 0.111. The van der Waals surface area contributed by atoms with Gasteiger partial charge < -0.3 is 0 Å². The Morgan fingerprint density at radius 2 is 0.911 bits per heavy atom. The van der Waals surface area contributed by atoms with Crippen LogP contribution in [0.2, 0.25) is 0 Å². The summed E-state index contributed by atoms with van der Waals surface area (Å²) in [5.74, 6) is 0.722. The molecule has 0 amide bonds. The van der Waals surface area contributed by atoms with Gasteiger partial charge in [0.2, 0.25) is 0 Å². The molecule has 1 heterocycles. The lowest BCUT2D eigenvalue weighted by Gasteiger charge is -2.25. The Kier molecular flexibility index (Phi) is 6.98. The van der Waals surface area contributed by atoms with E-state index in [-0.39, 0.29) is 10.8 Å². The maximum absolute atomic E-state index is 5.37. The summed E-state index contributed by atoms with van der Waals surface area (Å²) >= 11 is 0. The third-order valence-corrected chi connectivity index (χ3v) is 12.7. The van der Waals surface area contributed by atoms with Gasteiger partial charge in [-0.05, 0) is 95.4 Å². The number of nitrogens with zero attached hydrogens (tertiary/aromatic N) is 2. The fourth-order valence-corrected chi connectivity index (χ4v) is 9.96. The SMILES string of the molecule is CC1(C)c2cc3ccccc3cc2-c2c(-c3cc(-c4ccc(-c5cccc6c5C(C)(C)c5ccccc5-6)c5ccccc45)nc(-c4ccccc4)n3)cccc21. The van der Waals surface area contributed by atoms with E-state index in [1.165, 1.54) is 77.2 Å².